The van der Waals surface area contributed by atoms with E-state index in [-0.39, 0.29) is 18.9 Å². The Morgan fingerprint density at radius 3 is 2.51 bits per heavy atom. The van der Waals surface area contributed by atoms with Crippen LogP contribution in [0.3, 0.4) is 0 Å². The summed E-state index contributed by atoms with van der Waals surface area (Å²) in [5, 5.41) is 16.6. The van der Waals surface area contributed by atoms with E-state index < -0.39 is 5.91 Å². The van der Waals surface area contributed by atoms with E-state index in [1.807, 2.05) is 54.6 Å². The lowest BCUT2D eigenvalue weighted by molar-refractivity contribution is -0.117. The number of thioether (sulfide) groups is 1. The van der Waals surface area contributed by atoms with Crippen LogP contribution in [0.4, 0.5) is 5.69 Å². The van der Waals surface area contributed by atoms with Crippen molar-refractivity contribution in [2.45, 2.75) is 32.6 Å². The minimum absolute atomic E-state index is 0.0453. The van der Waals surface area contributed by atoms with Crippen molar-refractivity contribution in [3.8, 4) is 17.6 Å². The predicted octanol–water partition coefficient (Wildman–Crippen LogP) is 5.68. The maximum atomic E-state index is 13.1. The Labute approximate surface area is 210 Å². The fourth-order valence-electron chi connectivity index (χ4n) is 3.57. The third-order valence-corrected chi connectivity index (χ3v) is 6.76. The number of rotatable bonds is 9. The average Bonchev–Trinajstić information content (AvgIpc) is 3.35. The Bertz CT molecular complexity index is 1280. The van der Waals surface area contributed by atoms with Crippen molar-refractivity contribution in [2.24, 2.45) is 0 Å². The SMILES string of the molecule is CCc1ccc(NC(SCc2ccccc2C)=C(C#N)C(=O)NCc2ccc3c(c2)OCO3)cc1. The molecular weight excluding hydrogens is 458 g/mol. The van der Waals surface area contributed by atoms with Crippen molar-refractivity contribution < 1.29 is 14.3 Å². The Morgan fingerprint density at radius 2 is 1.77 bits per heavy atom. The normalized spacial score (nSPS) is 12.5. The topological polar surface area (TPSA) is 83.4 Å². The first kappa shape index (κ1) is 24.2. The minimum Gasteiger partial charge on any atom is -0.454 e. The van der Waals surface area contributed by atoms with Crippen LogP contribution >= 0.6 is 11.8 Å². The molecule has 1 amide bonds. The van der Waals surface area contributed by atoms with Gasteiger partial charge in [0.25, 0.3) is 5.91 Å². The maximum Gasteiger partial charge on any atom is 0.264 e. The molecule has 0 fully saturated rings. The number of benzene rings is 3. The molecule has 1 heterocycles. The second-order valence-corrected chi connectivity index (χ2v) is 9.06. The van der Waals surface area contributed by atoms with Gasteiger partial charge in [-0.15, -0.1) is 11.8 Å². The average molecular weight is 486 g/mol. The number of carbonyl (C=O) groups excluding carboxylic acids is 1. The van der Waals surface area contributed by atoms with Gasteiger partial charge in [0.2, 0.25) is 6.79 Å². The van der Waals surface area contributed by atoms with Crippen LogP contribution in [0.25, 0.3) is 0 Å². The summed E-state index contributed by atoms with van der Waals surface area (Å²) in [6, 6.07) is 23.7. The van der Waals surface area contributed by atoms with E-state index in [2.05, 4.69) is 42.7 Å². The van der Waals surface area contributed by atoms with Crippen LogP contribution in [0.15, 0.2) is 77.3 Å². The molecule has 0 saturated heterocycles. The van der Waals surface area contributed by atoms with E-state index in [9.17, 15) is 10.1 Å². The van der Waals surface area contributed by atoms with Gasteiger partial charge in [0.1, 0.15) is 11.6 Å². The molecule has 0 aromatic heterocycles. The first-order chi connectivity index (χ1) is 17.1. The maximum absolute atomic E-state index is 13.1. The van der Waals surface area contributed by atoms with E-state index in [1.165, 1.54) is 17.3 Å². The zero-order valence-corrected chi connectivity index (χ0v) is 20.6. The van der Waals surface area contributed by atoms with Gasteiger partial charge in [-0.05, 0) is 59.9 Å². The summed E-state index contributed by atoms with van der Waals surface area (Å²) >= 11 is 1.44. The van der Waals surface area contributed by atoms with E-state index in [1.54, 1.807) is 0 Å². The fraction of sp³-hybridized carbons (Fsp3) is 0.214. The number of hydrogen-bond donors (Lipinski definition) is 2. The first-order valence-electron chi connectivity index (χ1n) is 11.4. The van der Waals surface area contributed by atoms with E-state index in [4.69, 9.17) is 9.47 Å². The first-order valence-corrected chi connectivity index (χ1v) is 12.4. The van der Waals surface area contributed by atoms with Gasteiger partial charge >= 0.3 is 0 Å². The quantitative estimate of drug-likeness (QED) is 0.300. The molecule has 6 nitrogen and oxygen atoms in total. The largest absolute Gasteiger partial charge is 0.454 e. The Kier molecular flexibility index (Phi) is 7.96. The van der Waals surface area contributed by atoms with Crippen LogP contribution in [0.2, 0.25) is 0 Å². The molecule has 1 aliphatic heterocycles. The third-order valence-electron chi connectivity index (χ3n) is 5.71. The molecule has 35 heavy (non-hydrogen) atoms. The van der Waals surface area contributed by atoms with Crippen LogP contribution in [-0.4, -0.2) is 12.7 Å². The predicted molar refractivity (Wildman–Crippen MR) is 139 cm³/mol. The number of ether oxygens (including phenoxy) is 2. The van der Waals surface area contributed by atoms with Gasteiger partial charge in [0, 0.05) is 18.0 Å². The van der Waals surface area contributed by atoms with Crippen LogP contribution in [0.1, 0.15) is 29.2 Å². The van der Waals surface area contributed by atoms with Gasteiger partial charge in [0.15, 0.2) is 11.5 Å². The lowest BCUT2D eigenvalue weighted by Crippen LogP contribution is -2.25. The molecular formula is C28H27N3O3S. The van der Waals surface area contributed by atoms with Crippen molar-refractivity contribution in [3.05, 3.63) is 99.6 Å². The Hall–Kier alpha value is -3.89. The number of fused-ring (bicyclic) bond motifs is 1. The number of aryl methyl sites for hydroxylation is 2. The minimum atomic E-state index is -0.435. The number of hydrogen-bond acceptors (Lipinski definition) is 6. The van der Waals surface area contributed by atoms with Crippen molar-refractivity contribution in [2.75, 3.05) is 12.1 Å². The number of amides is 1. The molecule has 3 aromatic carbocycles. The summed E-state index contributed by atoms with van der Waals surface area (Å²) < 4.78 is 10.7. The number of anilines is 1. The second kappa shape index (κ2) is 11.5. The van der Waals surface area contributed by atoms with Gasteiger partial charge in [-0.1, -0.05) is 49.4 Å². The van der Waals surface area contributed by atoms with Crippen LogP contribution in [0.5, 0.6) is 11.5 Å². The highest BCUT2D eigenvalue weighted by Crippen LogP contribution is 2.32. The molecule has 0 aliphatic carbocycles. The molecule has 7 heteroatoms. The van der Waals surface area contributed by atoms with E-state index in [0.717, 1.165) is 28.8 Å². The molecule has 0 atom stereocenters. The van der Waals surface area contributed by atoms with Crippen molar-refractivity contribution >= 4 is 23.4 Å². The van der Waals surface area contributed by atoms with Gasteiger partial charge in [0.05, 0.1) is 5.03 Å². The Morgan fingerprint density at radius 1 is 1.03 bits per heavy atom. The molecule has 3 aromatic rings. The van der Waals surface area contributed by atoms with Crippen molar-refractivity contribution in [1.82, 2.24) is 5.32 Å². The number of nitrogens with zero attached hydrogens (tertiary/aromatic N) is 1. The molecule has 0 spiro atoms. The molecule has 178 valence electrons. The van der Waals surface area contributed by atoms with E-state index >= 15 is 0 Å². The highest BCUT2D eigenvalue weighted by Gasteiger charge is 2.18. The fourth-order valence-corrected chi connectivity index (χ4v) is 4.67. The number of carbonyl (C=O) groups is 1. The molecule has 4 rings (SSSR count). The third kappa shape index (κ3) is 6.17. The smallest absolute Gasteiger partial charge is 0.264 e. The lowest BCUT2D eigenvalue weighted by atomic mass is 10.1. The molecule has 0 unspecified atom stereocenters. The summed E-state index contributed by atoms with van der Waals surface area (Å²) in [7, 11) is 0. The lowest BCUT2D eigenvalue weighted by Gasteiger charge is -2.15. The zero-order chi connectivity index (χ0) is 24.6. The summed E-state index contributed by atoms with van der Waals surface area (Å²) in [5.74, 6) is 1.53. The molecule has 2 N–H and O–H groups in total. The molecule has 1 aliphatic rings. The van der Waals surface area contributed by atoms with Crippen LogP contribution < -0.4 is 20.1 Å². The van der Waals surface area contributed by atoms with Gasteiger partial charge < -0.3 is 20.1 Å². The standard InChI is InChI=1S/C28H27N3O3S/c1-3-20-8-11-23(12-9-20)31-28(35-17-22-7-5-4-6-19(22)2)24(15-29)27(32)30-16-21-10-13-25-26(14-21)34-18-33-25/h4-14,31H,3,16-18H2,1-2H3,(H,30,32). The van der Waals surface area contributed by atoms with E-state index in [0.29, 0.717) is 22.3 Å². The second-order valence-electron chi connectivity index (χ2n) is 8.08. The van der Waals surface area contributed by atoms with Crippen LogP contribution in [-0.2, 0) is 23.5 Å². The molecule has 0 bridgehead atoms. The number of nitrogens with one attached hydrogen (secondary N) is 2. The molecule has 0 saturated carbocycles. The summed E-state index contributed by atoms with van der Waals surface area (Å²) in [6.45, 7) is 4.62. The van der Waals surface area contributed by atoms with Crippen molar-refractivity contribution in [3.63, 3.8) is 0 Å². The summed E-state index contributed by atoms with van der Waals surface area (Å²) in [4.78, 5) is 13.1. The zero-order valence-electron chi connectivity index (χ0n) is 19.8. The van der Waals surface area contributed by atoms with Crippen LogP contribution in [0, 0.1) is 18.3 Å². The monoisotopic (exact) mass is 485 g/mol. The van der Waals surface area contributed by atoms with Gasteiger partial charge in [-0.3, -0.25) is 4.79 Å². The summed E-state index contributed by atoms with van der Waals surface area (Å²) in [6.07, 6.45) is 0.941. The molecule has 0 radical (unpaired) electrons. The summed E-state index contributed by atoms with van der Waals surface area (Å²) in [5.41, 5.74) is 5.26. The Balaban J connectivity index is 1.54. The van der Waals surface area contributed by atoms with Gasteiger partial charge in [-0.25, -0.2) is 0 Å². The van der Waals surface area contributed by atoms with Crippen molar-refractivity contribution in [1.29, 1.82) is 5.26 Å². The number of nitriles is 1. The van der Waals surface area contributed by atoms with Gasteiger partial charge in [-0.2, -0.15) is 5.26 Å². The highest BCUT2D eigenvalue weighted by atomic mass is 32.2. The highest BCUT2D eigenvalue weighted by molar-refractivity contribution is 8.02.